The van der Waals surface area contributed by atoms with E-state index in [-0.39, 0.29) is 11.6 Å². The Morgan fingerprint density at radius 3 is 2.74 bits per heavy atom. The molecule has 126 valence electrons. The molecule has 1 amide bonds. The van der Waals surface area contributed by atoms with Crippen LogP contribution >= 0.6 is 0 Å². The molecule has 0 N–H and O–H groups in total. The third-order valence-electron chi connectivity index (χ3n) is 5.23. The lowest BCUT2D eigenvalue weighted by Gasteiger charge is -2.32. The lowest BCUT2D eigenvalue weighted by Crippen LogP contribution is -2.45. The van der Waals surface area contributed by atoms with Crippen molar-refractivity contribution in [3.05, 3.63) is 0 Å². The number of carbonyl (C=O) groups is 1. The highest BCUT2D eigenvalue weighted by Gasteiger charge is 2.41. The second-order valence-corrected chi connectivity index (χ2v) is 6.82. The highest BCUT2D eigenvalue weighted by atomic mass is 16.5. The van der Waals surface area contributed by atoms with Gasteiger partial charge >= 0.3 is 0 Å². The van der Waals surface area contributed by atoms with E-state index >= 15 is 0 Å². The molecule has 0 aromatic carbocycles. The van der Waals surface area contributed by atoms with Crippen molar-refractivity contribution in [2.75, 3.05) is 32.8 Å². The minimum atomic E-state index is -0.353. The molecule has 6 heteroatoms. The summed E-state index contributed by atoms with van der Waals surface area (Å²) in [7, 11) is 0. The van der Waals surface area contributed by atoms with Crippen LogP contribution in [0.1, 0.15) is 39.0 Å². The molecule has 3 heterocycles. The first kappa shape index (κ1) is 16.4. The smallest absolute Gasteiger partial charge is 0.223 e. The summed E-state index contributed by atoms with van der Waals surface area (Å²) in [4.78, 5) is 17.1. The zero-order valence-electron chi connectivity index (χ0n) is 13.9. The number of nitrogens with zero attached hydrogens (tertiary/aromatic N) is 4. The maximum absolute atomic E-state index is 12.6. The first-order chi connectivity index (χ1) is 11.1. The number of likely N-dealkylation sites (tertiary alicyclic amines) is 1. The van der Waals surface area contributed by atoms with Crippen LogP contribution in [0.3, 0.4) is 0 Å². The van der Waals surface area contributed by atoms with E-state index in [2.05, 4.69) is 28.0 Å². The normalized spacial score (nSPS) is 29.5. The van der Waals surface area contributed by atoms with Gasteiger partial charge in [0.1, 0.15) is 0 Å². The van der Waals surface area contributed by atoms with Gasteiger partial charge in [0.2, 0.25) is 5.91 Å². The number of morpholine rings is 1. The number of terminal acetylenes is 1. The van der Waals surface area contributed by atoms with Crippen LogP contribution in [-0.2, 0) is 9.53 Å². The Bertz CT molecular complexity index is 501. The molecule has 23 heavy (non-hydrogen) atoms. The molecule has 6 nitrogen and oxygen atoms in total. The topological polar surface area (TPSA) is 57.5 Å². The van der Waals surface area contributed by atoms with Gasteiger partial charge in [-0.3, -0.25) is 9.69 Å². The van der Waals surface area contributed by atoms with Crippen LogP contribution in [0.25, 0.3) is 0 Å². The van der Waals surface area contributed by atoms with Crippen LogP contribution in [0.15, 0.2) is 10.2 Å². The molecular weight excluding hydrogens is 292 g/mol. The Morgan fingerprint density at radius 1 is 1.35 bits per heavy atom. The Balaban J connectivity index is 1.47. The van der Waals surface area contributed by atoms with E-state index in [0.717, 1.165) is 45.7 Å². The number of hydrogen-bond donors (Lipinski definition) is 0. The SMILES string of the molecule is C#CCCC1(CCC(=O)N2CC(N3CCOCC3)CC2C)N=N1. The fourth-order valence-electron chi connectivity index (χ4n) is 3.68. The molecular formula is C17H26N4O2. The van der Waals surface area contributed by atoms with Gasteiger partial charge in [-0.2, -0.15) is 10.2 Å². The minimum absolute atomic E-state index is 0.227. The Hall–Kier alpha value is -1.45. The lowest BCUT2D eigenvalue weighted by molar-refractivity contribution is -0.132. The molecule has 2 atom stereocenters. The largest absolute Gasteiger partial charge is 0.379 e. The van der Waals surface area contributed by atoms with E-state index in [1.54, 1.807) is 0 Å². The number of amides is 1. The molecule has 3 aliphatic rings. The lowest BCUT2D eigenvalue weighted by atomic mass is 10.0. The summed E-state index contributed by atoms with van der Waals surface area (Å²) in [5.41, 5.74) is -0.353. The monoisotopic (exact) mass is 318 g/mol. The summed E-state index contributed by atoms with van der Waals surface area (Å²) >= 11 is 0. The van der Waals surface area contributed by atoms with Gasteiger partial charge in [0.15, 0.2) is 5.66 Å². The highest BCUT2D eigenvalue weighted by Crippen LogP contribution is 2.38. The molecule has 0 aromatic heterocycles. The van der Waals surface area contributed by atoms with Gasteiger partial charge in [0.25, 0.3) is 0 Å². The van der Waals surface area contributed by atoms with Crippen LogP contribution in [0.4, 0.5) is 0 Å². The van der Waals surface area contributed by atoms with Crippen LogP contribution in [0.2, 0.25) is 0 Å². The summed E-state index contributed by atoms with van der Waals surface area (Å²) in [6.07, 6.45) is 9.00. The van der Waals surface area contributed by atoms with Crippen LogP contribution in [0, 0.1) is 12.3 Å². The molecule has 0 bridgehead atoms. The van der Waals surface area contributed by atoms with E-state index in [9.17, 15) is 4.79 Å². The first-order valence-corrected chi connectivity index (χ1v) is 8.62. The fourth-order valence-corrected chi connectivity index (χ4v) is 3.68. The van der Waals surface area contributed by atoms with Gasteiger partial charge in [0, 0.05) is 57.4 Å². The van der Waals surface area contributed by atoms with Crippen molar-refractivity contribution >= 4 is 5.91 Å². The van der Waals surface area contributed by atoms with Crippen molar-refractivity contribution in [3.8, 4) is 12.3 Å². The summed E-state index contributed by atoms with van der Waals surface area (Å²) in [6, 6.07) is 0.786. The van der Waals surface area contributed by atoms with E-state index in [0.29, 0.717) is 31.3 Å². The van der Waals surface area contributed by atoms with Gasteiger partial charge in [-0.25, -0.2) is 0 Å². The summed E-state index contributed by atoms with van der Waals surface area (Å²) in [5, 5.41) is 8.23. The van der Waals surface area contributed by atoms with Gasteiger partial charge in [-0.1, -0.05) is 0 Å². The van der Waals surface area contributed by atoms with Crippen LogP contribution < -0.4 is 0 Å². The van der Waals surface area contributed by atoms with Gasteiger partial charge in [-0.15, -0.1) is 12.3 Å². The molecule has 0 saturated carbocycles. The van der Waals surface area contributed by atoms with Gasteiger partial charge in [-0.05, 0) is 13.3 Å². The molecule has 0 aliphatic carbocycles. The summed E-state index contributed by atoms with van der Waals surface area (Å²) in [6.45, 7) is 6.56. The zero-order chi connectivity index (χ0) is 16.3. The van der Waals surface area contributed by atoms with Crippen molar-refractivity contribution in [2.24, 2.45) is 10.2 Å². The Labute approximate surface area is 138 Å². The van der Waals surface area contributed by atoms with E-state index < -0.39 is 0 Å². The van der Waals surface area contributed by atoms with Crippen molar-refractivity contribution in [1.82, 2.24) is 9.80 Å². The Morgan fingerprint density at radius 2 is 2.09 bits per heavy atom. The number of ether oxygens (including phenoxy) is 1. The van der Waals surface area contributed by atoms with Gasteiger partial charge < -0.3 is 9.64 Å². The fraction of sp³-hybridized carbons (Fsp3) is 0.824. The predicted octanol–water partition coefficient (Wildman–Crippen LogP) is 1.66. The molecule has 0 radical (unpaired) electrons. The maximum atomic E-state index is 12.6. The van der Waals surface area contributed by atoms with Crippen LogP contribution in [0.5, 0.6) is 0 Å². The molecule has 0 spiro atoms. The predicted molar refractivity (Wildman–Crippen MR) is 86.9 cm³/mol. The number of rotatable bonds is 6. The maximum Gasteiger partial charge on any atom is 0.223 e. The Kier molecular flexibility index (Phi) is 4.98. The standard InChI is InChI=1S/C17H26N4O2/c1-3-4-6-17(18-19-17)7-5-16(22)21-13-15(12-14(21)2)20-8-10-23-11-9-20/h1,14-15H,4-13H2,2H3. The van der Waals surface area contributed by atoms with Crippen molar-refractivity contribution in [3.63, 3.8) is 0 Å². The zero-order valence-corrected chi connectivity index (χ0v) is 13.9. The molecule has 2 fully saturated rings. The number of hydrogen-bond acceptors (Lipinski definition) is 5. The average molecular weight is 318 g/mol. The number of carbonyl (C=O) groups excluding carboxylic acids is 1. The summed E-state index contributed by atoms with van der Waals surface area (Å²) < 4.78 is 5.42. The van der Waals surface area contributed by atoms with Crippen molar-refractivity contribution in [1.29, 1.82) is 0 Å². The van der Waals surface area contributed by atoms with E-state index in [1.807, 2.05) is 4.90 Å². The third-order valence-corrected chi connectivity index (χ3v) is 5.23. The molecule has 0 aromatic rings. The van der Waals surface area contributed by atoms with Crippen LogP contribution in [-0.4, -0.2) is 66.3 Å². The van der Waals surface area contributed by atoms with Crippen molar-refractivity contribution < 1.29 is 9.53 Å². The minimum Gasteiger partial charge on any atom is -0.379 e. The second-order valence-electron chi connectivity index (χ2n) is 6.82. The van der Waals surface area contributed by atoms with E-state index in [1.165, 1.54) is 0 Å². The quantitative estimate of drug-likeness (QED) is 0.700. The molecule has 3 rings (SSSR count). The molecule has 2 saturated heterocycles. The third kappa shape index (κ3) is 3.91. The van der Waals surface area contributed by atoms with E-state index in [4.69, 9.17) is 11.2 Å². The first-order valence-electron chi connectivity index (χ1n) is 8.62. The summed E-state index contributed by atoms with van der Waals surface area (Å²) in [5.74, 6) is 2.85. The van der Waals surface area contributed by atoms with Gasteiger partial charge in [0.05, 0.1) is 13.2 Å². The van der Waals surface area contributed by atoms with Crippen molar-refractivity contribution in [2.45, 2.75) is 56.8 Å². The molecule has 3 aliphatic heterocycles. The molecule has 2 unspecified atom stereocenters. The highest BCUT2D eigenvalue weighted by molar-refractivity contribution is 5.77. The second kappa shape index (κ2) is 6.98. The average Bonchev–Trinajstić information content (AvgIpc) is 3.25.